The zero-order valence-corrected chi connectivity index (χ0v) is 50.5. The first-order valence-corrected chi connectivity index (χ1v) is 31.9. The molecule has 7 aromatic carbocycles. The Morgan fingerprint density at radius 2 is 0.846 bits per heavy atom. The standard InChI is InChI=1S/C33H31N4O3S4.C25H24N3O3S3/c1-19-7-14-26-29(30(19)44(38,39)40)43-33(37(26)6)22-11-16-25-28(18-22)42-32(36(25)5)21-10-15-24-27(17-21)41-31(35(24)4)20-8-12-23(13-9-20)34(2)3;1-15-6-12-20-22(23(15)34(29,30)31)33-25(28(20)5)17-9-13-19-21(14-17)32-24(27(19)4)16-7-10-18(11-8-16)26(2)3/h7-18,31H,1-6H3;6-14H,1-5H3/q2*+1/p+3. The van der Waals surface area contributed by atoms with Crippen molar-refractivity contribution in [3.63, 3.8) is 0 Å². The molecule has 1 aliphatic rings. The van der Waals surface area contributed by atoms with E-state index in [1.54, 1.807) is 48.7 Å². The van der Waals surface area contributed by atoms with E-state index in [2.05, 4.69) is 157 Å². The number of aromatic nitrogens is 4. The quantitative estimate of drug-likeness (QED) is 0.0954. The number of nitrogens with one attached hydrogen (secondary N) is 1. The molecule has 4 aromatic heterocycles. The summed E-state index contributed by atoms with van der Waals surface area (Å²) in [5.41, 5.74) is 14.3. The first kappa shape index (κ1) is 53.8. The first-order valence-electron chi connectivity index (χ1n) is 24.8. The van der Waals surface area contributed by atoms with E-state index in [0.29, 0.717) is 25.9 Å². The van der Waals surface area contributed by atoms with Gasteiger partial charge in [-0.05, 0) is 97.8 Å². The molecule has 1 aliphatic heterocycles. The van der Waals surface area contributed by atoms with Gasteiger partial charge in [0.1, 0.15) is 62.5 Å². The Balaban J connectivity index is 0.000000171. The minimum Gasteiger partial charge on any atom is -0.378 e. The monoisotopic (exact) mass is 1170 g/mol. The Hall–Kier alpha value is -6.17. The molecule has 0 fully saturated rings. The van der Waals surface area contributed by atoms with Gasteiger partial charge < -0.3 is 9.80 Å². The molecule has 12 rings (SSSR count). The number of fused-ring (bicyclic) bond motifs is 5. The number of hydrogen-bond donors (Lipinski definition) is 3. The number of thioether (sulfide) groups is 1. The van der Waals surface area contributed by atoms with Crippen molar-refractivity contribution < 1.29 is 49.1 Å². The number of thiazole rings is 4. The number of anilines is 2. The van der Waals surface area contributed by atoms with E-state index >= 15 is 0 Å². The van der Waals surface area contributed by atoms with E-state index in [4.69, 9.17) is 0 Å². The van der Waals surface area contributed by atoms with Crippen LogP contribution >= 0.6 is 57.1 Å². The summed E-state index contributed by atoms with van der Waals surface area (Å²) in [5, 5.41) is 4.52. The van der Waals surface area contributed by atoms with Crippen molar-refractivity contribution in [2.24, 2.45) is 28.2 Å². The highest BCUT2D eigenvalue weighted by Crippen LogP contribution is 2.44. The molecule has 20 heteroatoms. The van der Waals surface area contributed by atoms with Crippen molar-refractivity contribution in [3.8, 4) is 42.3 Å². The Bertz CT molecular complexity index is 4470. The number of benzene rings is 7. The van der Waals surface area contributed by atoms with Crippen molar-refractivity contribution >= 4 is 135 Å². The van der Waals surface area contributed by atoms with Gasteiger partial charge in [0.15, 0.2) is 5.37 Å². The van der Waals surface area contributed by atoms with Crippen LogP contribution in [0, 0.1) is 13.8 Å². The molecule has 0 spiro atoms. The minimum atomic E-state index is -4.35. The lowest BCUT2D eigenvalue weighted by Gasteiger charge is -2.18. The highest BCUT2D eigenvalue weighted by atomic mass is 32.2. The third-order valence-electron chi connectivity index (χ3n) is 14.6. The van der Waals surface area contributed by atoms with Crippen LogP contribution in [0.3, 0.4) is 0 Å². The highest BCUT2D eigenvalue weighted by molar-refractivity contribution is 7.99. The molecule has 0 amide bonds. The maximum atomic E-state index is 12.2. The predicted octanol–water partition coefficient (Wildman–Crippen LogP) is 10.4. The molecule has 11 aromatic rings. The van der Waals surface area contributed by atoms with Crippen LogP contribution in [0.25, 0.3) is 83.2 Å². The molecule has 398 valence electrons. The second-order valence-corrected chi connectivity index (χ2v) is 28.0. The predicted molar refractivity (Wildman–Crippen MR) is 320 cm³/mol. The van der Waals surface area contributed by atoms with E-state index in [0.717, 1.165) is 63.9 Å². The molecule has 5 heterocycles. The summed E-state index contributed by atoms with van der Waals surface area (Å²) >= 11 is 8.18. The zero-order chi connectivity index (χ0) is 55.4. The second-order valence-electron chi connectivity index (χ2n) is 20.1. The Labute approximate surface area is 474 Å². The third kappa shape index (κ3) is 9.48. The topological polar surface area (TPSA) is 135 Å². The van der Waals surface area contributed by atoms with Gasteiger partial charge in [-0.1, -0.05) is 81.4 Å². The summed E-state index contributed by atoms with van der Waals surface area (Å²) < 4.78 is 80.3. The molecule has 0 saturated carbocycles. The van der Waals surface area contributed by atoms with Crippen LogP contribution in [-0.4, -0.2) is 61.2 Å². The van der Waals surface area contributed by atoms with E-state index < -0.39 is 20.2 Å². The smallest absolute Gasteiger partial charge is 0.296 e. The van der Waals surface area contributed by atoms with Gasteiger partial charge in [-0.2, -0.15) is 35.1 Å². The number of aryl methyl sites for hydroxylation is 6. The highest BCUT2D eigenvalue weighted by Gasteiger charge is 2.36. The van der Waals surface area contributed by atoms with E-state index in [9.17, 15) is 25.9 Å². The van der Waals surface area contributed by atoms with Gasteiger partial charge in [-0.3, -0.25) is 14.0 Å². The van der Waals surface area contributed by atoms with Crippen LogP contribution in [0.5, 0.6) is 0 Å². The van der Waals surface area contributed by atoms with Gasteiger partial charge >= 0.3 is 0 Å². The number of rotatable bonds is 9. The molecule has 0 aliphatic carbocycles. The summed E-state index contributed by atoms with van der Waals surface area (Å²) in [4.78, 5) is 6.89. The average molecular weight is 1170 g/mol. The normalized spacial score (nSPS) is 14.6. The summed E-state index contributed by atoms with van der Waals surface area (Å²) in [7, 11) is 9.81. The summed E-state index contributed by atoms with van der Waals surface area (Å²) in [5.74, 6) is 0. The summed E-state index contributed by atoms with van der Waals surface area (Å²) in [6, 6.07) is 44.3. The molecule has 2 unspecified atom stereocenters. The fraction of sp³-hybridized carbons (Fsp3) is 0.207. The van der Waals surface area contributed by atoms with E-state index in [-0.39, 0.29) is 9.79 Å². The van der Waals surface area contributed by atoms with E-state index in [1.807, 2.05) is 61.2 Å². The zero-order valence-electron chi connectivity index (χ0n) is 44.8. The molecular formula is C58H58N7O6S7+5. The average Bonchev–Trinajstić information content (AvgIpc) is 4.38. The molecule has 3 N–H and O–H groups in total. The van der Waals surface area contributed by atoms with Crippen LogP contribution in [0.2, 0.25) is 0 Å². The molecule has 13 nitrogen and oxygen atoms in total. The second kappa shape index (κ2) is 20.2. The minimum absolute atomic E-state index is 0.0103. The van der Waals surface area contributed by atoms with Crippen molar-refractivity contribution in [2.75, 3.05) is 45.0 Å². The van der Waals surface area contributed by atoms with Crippen LogP contribution in [0.4, 0.5) is 17.1 Å². The largest absolute Gasteiger partial charge is 0.378 e. The third-order valence-corrected chi connectivity index (χ3v) is 23.6. The summed E-state index contributed by atoms with van der Waals surface area (Å²) in [6.07, 6.45) is 0. The fourth-order valence-corrected chi connectivity index (χ4v) is 19.2. The molecule has 2 atom stereocenters. The molecule has 0 saturated heterocycles. The van der Waals surface area contributed by atoms with Crippen molar-refractivity contribution in [1.82, 2.24) is 0 Å². The summed E-state index contributed by atoms with van der Waals surface area (Å²) in [6.45, 7) is 3.41. The van der Waals surface area contributed by atoms with Crippen LogP contribution in [0.1, 0.15) is 22.1 Å². The molecular weight excluding hydrogens is 1120 g/mol. The number of hydrogen-bond acceptors (Lipinski definition) is 11. The number of nitrogens with zero attached hydrogens (tertiary/aromatic N) is 6. The Kier molecular flexibility index (Phi) is 13.9. The van der Waals surface area contributed by atoms with Gasteiger partial charge in [-0.25, -0.2) is 0 Å². The Morgan fingerprint density at radius 1 is 0.474 bits per heavy atom. The number of quaternary nitrogens is 1. The first-order chi connectivity index (χ1) is 37.0. The molecule has 0 bridgehead atoms. The van der Waals surface area contributed by atoms with Crippen LogP contribution < -0.4 is 33.0 Å². The van der Waals surface area contributed by atoms with Gasteiger partial charge in [0.25, 0.3) is 40.3 Å². The van der Waals surface area contributed by atoms with Gasteiger partial charge in [0, 0.05) is 75.5 Å². The lowest BCUT2D eigenvalue weighted by Crippen LogP contribution is -3.02. The maximum Gasteiger partial charge on any atom is 0.296 e. The SMILES string of the molecule is Cc1ccc2c(sc(-c3ccc4c(c3)sc(-c3ccc(N(C)C)cc3)[n+]4C)[n+]2C)c1S(=O)(=O)O.Cc1ccc2c(sc(-c3ccc4c(c3)sc(-c3ccc5c(c3)SC(c3ccc(N(C)C)cc3)[NH+]5C)[n+]4C)[n+]2C)c1S(=O)(=O)O. The fourth-order valence-electron chi connectivity index (χ4n) is 10.4. The van der Waals surface area contributed by atoms with Crippen molar-refractivity contribution in [3.05, 3.63) is 144 Å². The van der Waals surface area contributed by atoms with Crippen LogP contribution in [-0.2, 0) is 48.4 Å². The maximum absolute atomic E-state index is 12.2. The van der Waals surface area contributed by atoms with Crippen molar-refractivity contribution in [1.29, 1.82) is 0 Å². The van der Waals surface area contributed by atoms with Crippen molar-refractivity contribution in [2.45, 2.75) is 33.9 Å². The lowest BCUT2D eigenvalue weighted by molar-refractivity contribution is -0.825. The van der Waals surface area contributed by atoms with E-state index in [1.165, 1.54) is 65.0 Å². The van der Waals surface area contributed by atoms with Crippen LogP contribution in [0.15, 0.2) is 142 Å². The van der Waals surface area contributed by atoms with Gasteiger partial charge in [0.05, 0.1) is 34.2 Å². The molecule has 0 radical (unpaired) electrons. The van der Waals surface area contributed by atoms with Gasteiger partial charge in [-0.15, -0.1) is 0 Å². The Morgan fingerprint density at radius 3 is 1.29 bits per heavy atom. The molecule has 78 heavy (non-hydrogen) atoms. The lowest BCUT2D eigenvalue weighted by atomic mass is 10.1. The van der Waals surface area contributed by atoms with Gasteiger partial charge in [0.2, 0.25) is 22.1 Å².